The van der Waals surface area contributed by atoms with Crippen LogP contribution in [0.1, 0.15) is 31.1 Å². The van der Waals surface area contributed by atoms with Gasteiger partial charge in [0.15, 0.2) is 5.96 Å². The van der Waals surface area contributed by atoms with Crippen LogP contribution in [0.4, 0.5) is 0 Å². The van der Waals surface area contributed by atoms with E-state index < -0.39 is 10.0 Å². The van der Waals surface area contributed by atoms with Crippen LogP contribution in [0.25, 0.3) is 0 Å². The highest BCUT2D eigenvalue weighted by Gasteiger charge is 2.28. The molecule has 1 aromatic heterocycles. The molecule has 0 bridgehead atoms. The average Bonchev–Trinajstić information content (AvgIpc) is 3.24. The van der Waals surface area contributed by atoms with Gasteiger partial charge in [0.05, 0.1) is 11.2 Å². The van der Waals surface area contributed by atoms with Gasteiger partial charge in [0.1, 0.15) is 5.76 Å². The molecule has 9 heteroatoms. The van der Waals surface area contributed by atoms with Crippen molar-refractivity contribution < 1.29 is 12.8 Å². The standard InChI is InChI=1S/C21H30N4O3S.HI/c1-17-5-3-13-25(16-17)29(26,27)20-9-7-18(8-10-20)15-24-21(22-2)23-12-11-19-6-4-14-28-19;/h4,6-10,14,17H,3,5,11-13,15-16H2,1-2H3,(H2,22,23,24);1H. The van der Waals surface area contributed by atoms with E-state index in [0.29, 0.717) is 43.0 Å². The van der Waals surface area contributed by atoms with Crippen molar-refractivity contribution in [3.63, 3.8) is 0 Å². The molecule has 166 valence electrons. The van der Waals surface area contributed by atoms with Gasteiger partial charge >= 0.3 is 0 Å². The van der Waals surface area contributed by atoms with Gasteiger partial charge in [0.2, 0.25) is 10.0 Å². The van der Waals surface area contributed by atoms with Crippen LogP contribution in [0.3, 0.4) is 0 Å². The lowest BCUT2D eigenvalue weighted by Crippen LogP contribution is -2.39. The van der Waals surface area contributed by atoms with E-state index >= 15 is 0 Å². The molecule has 1 atom stereocenters. The fourth-order valence-corrected chi connectivity index (χ4v) is 5.06. The Morgan fingerprint density at radius 3 is 2.63 bits per heavy atom. The summed E-state index contributed by atoms with van der Waals surface area (Å²) in [6, 6.07) is 10.9. The lowest BCUT2D eigenvalue weighted by Gasteiger charge is -2.30. The lowest BCUT2D eigenvalue weighted by molar-refractivity contribution is 0.281. The van der Waals surface area contributed by atoms with Gasteiger partial charge < -0.3 is 15.1 Å². The first kappa shape index (κ1) is 24.7. The first-order valence-electron chi connectivity index (χ1n) is 10.0. The van der Waals surface area contributed by atoms with E-state index in [9.17, 15) is 8.42 Å². The number of hydrogen-bond donors (Lipinski definition) is 2. The zero-order valence-corrected chi connectivity index (χ0v) is 20.7. The average molecular weight is 546 g/mol. The summed E-state index contributed by atoms with van der Waals surface area (Å²) in [7, 11) is -1.69. The van der Waals surface area contributed by atoms with Gasteiger partial charge in [-0.3, -0.25) is 4.99 Å². The molecule has 1 aromatic carbocycles. The number of sulfonamides is 1. The highest BCUT2D eigenvalue weighted by Crippen LogP contribution is 2.23. The second-order valence-electron chi connectivity index (χ2n) is 7.44. The molecule has 0 saturated carbocycles. The molecule has 2 aromatic rings. The van der Waals surface area contributed by atoms with E-state index in [1.54, 1.807) is 29.7 Å². The van der Waals surface area contributed by atoms with Crippen molar-refractivity contribution >= 4 is 40.0 Å². The number of rotatable bonds is 7. The van der Waals surface area contributed by atoms with Crippen LogP contribution in [-0.2, 0) is 23.0 Å². The van der Waals surface area contributed by atoms with Crippen LogP contribution in [0.5, 0.6) is 0 Å². The number of nitrogens with one attached hydrogen (secondary N) is 2. The Bertz CT molecular complexity index is 899. The number of piperidine rings is 1. The summed E-state index contributed by atoms with van der Waals surface area (Å²) in [6.07, 6.45) is 4.45. The van der Waals surface area contributed by atoms with Crippen molar-refractivity contribution in [1.82, 2.24) is 14.9 Å². The van der Waals surface area contributed by atoms with Crippen molar-refractivity contribution in [1.29, 1.82) is 0 Å². The lowest BCUT2D eigenvalue weighted by atomic mass is 10.0. The molecular weight excluding hydrogens is 515 g/mol. The third kappa shape index (κ3) is 6.71. The fourth-order valence-electron chi connectivity index (χ4n) is 3.46. The van der Waals surface area contributed by atoms with Crippen molar-refractivity contribution in [2.75, 3.05) is 26.7 Å². The molecule has 3 rings (SSSR count). The van der Waals surface area contributed by atoms with Gasteiger partial charge in [-0.05, 0) is 48.6 Å². The van der Waals surface area contributed by atoms with Gasteiger partial charge in [0, 0.05) is 39.6 Å². The Labute approximate surface area is 196 Å². The first-order chi connectivity index (χ1) is 14.0. The maximum Gasteiger partial charge on any atom is 0.243 e. The fraction of sp³-hybridized carbons (Fsp3) is 0.476. The van der Waals surface area contributed by atoms with E-state index in [4.69, 9.17) is 4.42 Å². The maximum absolute atomic E-state index is 12.8. The molecule has 0 aliphatic carbocycles. The van der Waals surface area contributed by atoms with Gasteiger partial charge in [0.25, 0.3) is 0 Å². The summed E-state index contributed by atoms with van der Waals surface area (Å²) in [5, 5.41) is 6.48. The minimum Gasteiger partial charge on any atom is -0.469 e. The Morgan fingerprint density at radius 2 is 2.00 bits per heavy atom. The van der Waals surface area contributed by atoms with Crippen LogP contribution in [0.2, 0.25) is 0 Å². The predicted molar refractivity (Wildman–Crippen MR) is 130 cm³/mol. The van der Waals surface area contributed by atoms with Crippen LogP contribution in [0.15, 0.2) is 57.0 Å². The van der Waals surface area contributed by atoms with Crippen molar-refractivity contribution in [3.05, 3.63) is 54.0 Å². The Hall–Kier alpha value is -1.59. The molecule has 1 fully saturated rings. The second-order valence-corrected chi connectivity index (χ2v) is 9.37. The van der Waals surface area contributed by atoms with Gasteiger partial charge in [-0.15, -0.1) is 24.0 Å². The largest absolute Gasteiger partial charge is 0.469 e. The molecule has 0 amide bonds. The molecule has 7 nitrogen and oxygen atoms in total. The maximum atomic E-state index is 12.8. The SMILES string of the molecule is CN=C(NCCc1ccco1)NCc1ccc(S(=O)(=O)N2CCCC(C)C2)cc1.I. The third-order valence-corrected chi connectivity index (χ3v) is 6.99. The van der Waals surface area contributed by atoms with Crippen LogP contribution >= 0.6 is 24.0 Å². The van der Waals surface area contributed by atoms with Gasteiger partial charge in [-0.2, -0.15) is 4.31 Å². The Morgan fingerprint density at radius 1 is 1.23 bits per heavy atom. The molecular formula is C21H31IN4O3S. The van der Waals surface area contributed by atoms with E-state index in [1.165, 1.54) is 0 Å². The normalized spacial score (nSPS) is 17.9. The predicted octanol–water partition coefficient (Wildman–Crippen LogP) is 3.23. The summed E-state index contributed by atoms with van der Waals surface area (Å²) in [6.45, 7) is 4.58. The highest BCUT2D eigenvalue weighted by molar-refractivity contribution is 14.0. The molecule has 1 aliphatic rings. The third-order valence-electron chi connectivity index (χ3n) is 5.11. The Balaban J connectivity index is 0.00000320. The highest BCUT2D eigenvalue weighted by atomic mass is 127. The molecule has 2 heterocycles. The minimum absolute atomic E-state index is 0. The number of halogens is 1. The number of nitrogens with zero attached hydrogens (tertiary/aromatic N) is 2. The zero-order valence-electron chi connectivity index (χ0n) is 17.5. The van der Waals surface area contributed by atoms with Gasteiger partial charge in [-0.25, -0.2) is 8.42 Å². The van der Waals surface area contributed by atoms with E-state index in [-0.39, 0.29) is 24.0 Å². The first-order valence-corrected chi connectivity index (χ1v) is 11.5. The molecule has 1 unspecified atom stereocenters. The van der Waals surface area contributed by atoms with Crippen LogP contribution < -0.4 is 10.6 Å². The van der Waals surface area contributed by atoms with E-state index in [0.717, 1.165) is 30.6 Å². The molecule has 1 saturated heterocycles. The van der Waals surface area contributed by atoms with Crippen molar-refractivity contribution in [2.45, 2.75) is 37.6 Å². The topological polar surface area (TPSA) is 86.9 Å². The van der Waals surface area contributed by atoms with Crippen LogP contribution in [0, 0.1) is 5.92 Å². The summed E-state index contributed by atoms with van der Waals surface area (Å²) < 4.78 is 32.6. The minimum atomic E-state index is -3.41. The molecule has 1 aliphatic heterocycles. The van der Waals surface area contributed by atoms with Crippen molar-refractivity contribution in [3.8, 4) is 0 Å². The Kier molecular flexibility index (Phi) is 9.63. The van der Waals surface area contributed by atoms with Crippen LogP contribution in [-0.4, -0.2) is 45.4 Å². The smallest absolute Gasteiger partial charge is 0.243 e. The molecule has 2 N–H and O–H groups in total. The van der Waals surface area contributed by atoms with Crippen molar-refractivity contribution in [2.24, 2.45) is 10.9 Å². The quantitative estimate of drug-likeness (QED) is 0.317. The summed E-state index contributed by atoms with van der Waals surface area (Å²) >= 11 is 0. The summed E-state index contributed by atoms with van der Waals surface area (Å²) in [5.74, 6) is 2.03. The number of guanidine groups is 1. The molecule has 0 radical (unpaired) electrons. The number of furan rings is 1. The number of hydrogen-bond acceptors (Lipinski definition) is 4. The van der Waals surface area contributed by atoms with Gasteiger partial charge in [-0.1, -0.05) is 19.1 Å². The molecule has 30 heavy (non-hydrogen) atoms. The zero-order chi connectivity index (χ0) is 20.7. The number of aliphatic imine (C=N–C) groups is 1. The summed E-state index contributed by atoms with van der Waals surface area (Å²) in [4.78, 5) is 4.57. The van der Waals surface area contributed by atoms with E-state index in [2.05, 4.69) is 22.5 Å². The summed E-state index contributed by atoms with van der Waals surface area (Å²) in [5.41, 5.74) is 0.991. The van der Waals surface area contributed by atoms with E-state index in [1.807, 2.05) is 24.3 Å². The molecule has 0 spiro atoms. The number of benzene rings is 1. The second kappa shape index (κ2) is 11.7. The monoisotopic (exact) mass is 546 g/mol.